The quantitative estimate of drug-likeness (QED) is 0.468. The number of carbonyl (C=O) groups excluding carboxylic acids is 1. The van der Waals surface area contributed by atoms with Crippen LogP contribution in [-0.4, -0.2) is 38.9 Å². The van der Waals surface area contributed by atoms with Crippen molar-refractivity contribution in [3.63, 3.8) is 0 Å². The van der Waals surface area contributed by atoms with Crippen LogP contribution < -0.4 is 11.1 Å². The van der Waals surface area contributed by atoms with E-state index >= 15 is 0 Å². The number of carbonyl (C=O) groups is 1. The normalized spacial score (nSPS) is 14.3. The van der Waals surface area contributed by atoms with E-state index in [1.54, 1.807) is 11.8 Å². The number of nitrogens with two attached hydrogens (primary N) is 1. The topological polar surface area (TPSA) is 96.7 Å². The molecule has 0 spiro atoms. The molecule has 4 N–H and O–H groups in total. The van der Waals surface area contributed by atoms with E-state index in [0.29, 0.717) is 0 Å². The molecule has 0 fully saturated rings. The molecule has 0 aliphatic rings. The lowest BCUT2D eigenvalue weighted by Crippen LogP contribution is -2.53. The third-order valence-corrected chi connectivity index (χ3v) is 3.87. The molecule has 0 aliphatic carbocycles. The minimum atomic E-state index is -0.620. The van der Waals surface area contributed by atoms with E-state index in [0.717, 1.165) is 42.5 Å². The third-order valence-electron chi connectivity index (χ3n) is 2.94. The molecule has 6 nitrogen and oxygen atoms in total. The lowest BCUT2D eigenvalue weighted by Gasteiger charge is -2.27. The highest BCUT2D eigenvalue weighted by molar-refractivity contribution is 7.99. The van der Waals surface area contributed by atoms with Crippen molar-refractivity contribution in [1.82, 2.24) is 20.5 Å². The van der Waals surface area contributed by atoms with E-state index in [9.17, 15) is 4.79 Å². The zero-order valence-electron chi connectivity index (χ0n) is 11.8. The molecule has 108 valence electrons. The zero-order chi connectivity index (χ0) is 14.3. The number of H-pyrrole nitrogens is 1. The van der Waals surface area contributed by atoms with Crippen LogP contribution in [0.3, 0.4) is 0 Å². The third kappa shape index (κ3) is 5.20. The van der Waals surface area contributed by atoms with Crippen molar-refractivity contribution >= 4 is 17.7 Å². The number of aromatic nitrogens is 3. The van der Waals surface area contributed by atoms with Crippen LogP contribution in [0.1, 0.15) is 38.9 Å². The summed E-state index contributed by atoms with van der Waals surface area (Å²) in [5, 5.41) is 10.8. The van der Waals surface area contributed by atoms with Crippen LogP contribution in [-0.2, 0) is 4.79 Å². The summed E-state index contributed by atoms with van der Waals surface area (Å²) < 4.78 is 0. The highest BCUT2D eigenvalue weighted by Crippen LogP contribution is 2.18. The molecule has 7 heteroatoms. The molecule has 0 saturated carbocycles. The van der Waals surface area contributed by atoms with Gasteiger partial charge in [-0.2, -0.15) is 0 Å². The lowest BCUT2D eigenvalue weighted by atomic mass is 9.95. The standard InChI is InChI=1S/C12H23N5OS/c1-4-7-14-12(3,10(13)18)6-5-8-19-11-15-9(2)16-17-11/h14H,4-8H2,1-3H3,(H2,13,18)(H,15,16,17). The van der Waals surface area contributed by atoms with Crippen LogP contribution in [0.25, 0.3) is 0 Å². The summed E-state index contributed by atoms with van der Waals surface area (Å²) in [7, 11) is 0. The summed E-state index contributed by atoms with van der Waals surface area (Å²) >= 11 is 1.58. The van der Waals surface area contributed by atoms with Crippen LogP contribution in [0.2, 0.25) is 0 Å². The molecule has 0 aromatic carbocycles. The Hall–Kier alpha value is -1.08. The van der Waals surface area contributed by atoms with Gasteiger partial charge in [-0.3, -0.25) is 9.89 Å². The maximum Gasteiger partial charge on any atom is 0.237 e. The molecule has 1 atom stereocenters. The molecular weight excluding hydrogens is 262 g/mol. The number of hydrogen-bond acceptors (Lipinski definition) is 5. The maximum absolute atomic E-state index is 11.5. The summed E-state index contributed by atoms with van der Waals surface area (Å²) in [6.45, 7) is 6.60. The van der Waals surface area contributed by atoms with Crippen LogP contribution in [0.15, 0.2) is 5.16 Å². The summed E-state index contributed by atoms with van der Waals surface area (Å²) in [6, 6.07) is 0. The Bertz CT molecular complexity index is 409. The second-order valence-corrected chi connectivity index (χ2v) is 5.84. The highest BCUT2D eigenvalue weighted by Gasteiger charge is 2.29. The summed E-state index contributed by atoms with van der Waals surface area (Å²) in [5.41, 5.74) is 4.85. The number of hydrogen-bond donors (Lipinski definition) is 3. The molecule has 1 aromatic heterocycles. The Labute approximate surface area is 118 Å². The Morgan fingerprint density at radius 2 is 2.32 bits per heavy atom. The van der Waals surface area contributed by atoms with E-state index in [4.69, 9.17) is 5.73 Å². The van der Waals surface area contributed by atoms with Crippen LogP contribution in [0.5, 0.6) is 0 Å². The van der Waals surface area contributed by atoms with Crippen molar-refractivity contribution in [2.24, 2.45) is 5.73 Å². The van der Waals surface area contributed by atoms with Crippen LogP contribution in [0, 0.1) is 6.92 Å². The molecular formula is C12H23N5OS. The molecule has 0 saturated heterocycles. The van der Waals surface area contributed by atoms with Crippen molar-refractivity contribution in [3.05, 3.63) is 5.82 Å². The van der Waals surface area contributed by atoms with Gasteiger partial charge in [0.1, 0.15) is 5.82 Å². The van der Waals surface area contributed by atoms with Gasteiger partial charge in [0, 0.05) is 5.75 Å². The van der Waals surface area contributed by atoms with Crippen molar-refractivity contribution < 1.29 is 4.79 Å². The monoisotopic (exact) mass is 285 g/mol. The van der Waals surface area contributed by atoms with Gasteiger partial charge in [-0.1, -0.05) is 18.7 Å². The Balaban J connectivity index is 2.34. The average molecular weight is 285 g/mol. The van der Waals surface area contributed by atoms with Gasteiger partial charge in [-0.15, -0.1) is 5.10 Å². The fraction of sp³-hybridized carbons (Fsp3) is 0.750. The maximum atomic E-state index is 11.5. The number of thioether (sulfide) groups is 1. The van der Waals surface area contributed by atoms with Gasteiger partial charge in [0.25, 0.3) is 0 Å². The van der Waals surface area contributed by atoms with Gasteiger partial charge in [0.2, 0.25) is 11.1 Å². The van der Waals surface area contributed by atoms with Gasteiger partial charge in [0.05, 0.1) is 5.54 Å². The first-order valence-corrected chi connectivity index (χ1v) is 7.53. The van der Waals surface area contributed by atoms with E-state index in [-0.39, 0.29) is 5.91 Å². The highest BCUT2D eigenvalue weighted by atomic mass is 32.2. The summed E-state index contributed by atoms with van der Waals surface area (Å²) in [4.78, 5) is 15.7. The van der Waals surface area contributed by atoms with Gasteiger partial charge in [0.15, 0.2) is 0 Å². The lowest BCUT2D eigenvalue weighted by molar-refractivity contribution is -0.124. The van der Waals surface area contributed by atoms with Crippen molar-refractivity contribution in [3.8, 4) is 0 Å². The number of primary amides is 1. The fourth-order valence-corrected chi connectivity index (χ4v) is 2.46. The molecule has 1 unspecified atom stereocenters. The van der Waals surface area contributed by atoms with Crippen molar-refractivity contribution in [1.29, 1.82) is 0 Å². The van der Waals surface area contributed by atoms with Gasteiger partial charge in [-0.05, 0) is 39.7 Å². The summed E-state index contributed by atoms with van der Waals surface area (Å²) in [6.07, 6.45) is 2.58. The smallest absolute Gasteiger partial charge is 0.237 e. The molecule has 1 heterocycles. The van der Waals surface area contributed by atoms with E-state index in [1.165, 1.54) is 0 Å². The Morgan fingerprint density at radius 1 is 1.58 bits per heavy atom. The van der Waals surface area contributed by atoms with Gasteiger partial charge in [-0.25, -0.2) is 4.98 Å². The first kappa shape index (κ1) is 16.0. The number of rotatable bonds is 9. The molecule has 0 bridgehead atoms. The van der Waals surface area contributed by atoms with Gasteiger partial charge < -0.3 is 11.1 Å². The molecule has 1 amide bonds. The summed E-state index contributed by atoms with van der Waals surface area (Å²) in [5.74, 6) is 1.39. The number of aryl methyl sites for hydroxylation is 1. The number of nitrogens with one attached hydrogen (secondary N) is 2. The first-order valence-electron chi connectivity index (χ1n) is 6.54. The molecule has 19 heavy (non-hydrogen) atoms. The van der Waals surface area contributed by atoms with Crippen molar-refractivity contribution in [2.75, 3.05) is 12.3 Å². The van der Waals surface area contributed by atoms with E-state index in [1.807, 2.05) is 13.8 Å². The van der Waals surface area contributed by atoms with Crippen LogP contribution >= 0.6 is 11.8 Å². The van der Waals surface area contributed by atoms with Gasteiger partial charge >= 0.3 is 0 Å². The van der Waals surface area contributed by atoms with Crippen LogP contribution in [0.4, 0.5) is 0 Å². The second kappa shape index (κ2) is 7.49. The first-order chi connectivity index (χ1) is 8.98. The van der Waals surface area contributed by atoms with E-state index < -0.39 is 5.54 Å². The number of aromatic amines is 1. The molecule has 1 rings (SSSR count). The largest absolute Gasteiger partial charge is 0.368 e. The Kier molecular flexibility index (Phi) is 6.30. The second-order valence-electron chi connectivity index (χ2n) is 4.78. The predicted molar refractivity (Wildman–Crippen MR) is 77.0 cm³/mol. The minimum Gasteiger partial charge on any atom is -0.368 e. The average Bonchev–Trinajstić information content (AvgIpc) is 2.78. The SMILES string of the molecule is CCCNC(C)(CCCSc1n[nH]c(C)n1)C(N)=O. The molecule has 0 radical (unpaired) electrons. The minimum absolute atomic E-state index is 0.292. The fourth-order valence-electron chi connectivity index (χ4n) is 1.68. The molecule has 1 aromatic rings. The predicted octanol–water partition coefficient (Wildman–Crippen LogP) is 1.23. The Morgan fingerprint density at radius 3 is 2.84 bits per heavy atom. The number of nitrogens with zero attached hydrogens (tertiary/aromatic N) is 2. The van der Waals surface area contributed by atoms with Crippen molar-refractivity contribution in [2.45, 2.75) is 50.7 Å². The number of amides is 1. The zero-order valence-corrected chi connectivity index (χ0v) is 12.6. The molecule has 0 aliphatic heterocycles. The van der Waals surface area contributed by atoms with E-state index in [2.05, 4.69) is 27.4 Å².